The molecule has 2 heterocycles. The van der Waals surface area contributed by atoms with E-state index in [2.05, 4.69) is 10.6 Å². The van der Waals surface area contributed by atoms with Gasteiger partial charge in [-0.3, -0.25) is 4.79 Å². The van der Waals surface area contributed by atoms with Gasteiger partial charge in [0.2, 0.25) is 5.78 Å². The highest BCUT2D eigenvalue weighted by molar-refractivity contribution is 6.17. The van der Waals surface area contributed by atoms with E-state index in [0.717, 1.165) is 28.2 Å². The van der Waals surface area contributed by atoms with E-state index in [0.29, 0.717) is 31.6 Å². The quantitative estimate of drug-likeness (QED) is 0.450. The molecule has 3 aromatic rings. The van der Waals surface area contributed by atoms with Crippen LogP contribution in [-0.2, 0) is 13.0 Å². The summed E-state index contributed by atoms with van der Waals surface area (Å²) in [6.45, 7) is 2.70. The van der Waals surface area contributed by atoms with Crippen molar-refractivity contribution in [2.24, 2.45) is 0 Å². The maximum Gasteiger partial charge on any atom is 0.235 e. The number of aryl methyl sites for hydroxylation is 1. The Bertz CT molecular complexity index is 1260. The molecule has 0 saturated heterocycles. The highest BCUT2D eigenvalue weighted by Crippen LogP contribution is 2.41. The lowest BCUT2D eigenvalue weighted by Crippen LogP contribution is -2.04. The zero-order valence-corrected chi connectivity index (χ0v) is 17.3. The van der Waals surface area contributed by atoms with Crippen LogP contribution >= 0.6 is 0 Å². The molecule has 2 N–H and O–H groups in total. The normalized spacial score (nSPS) is 14.0. The molecule has 0 amide bonds. The van der Waals surface area contributed by atoms with Gasteiger partial charge in [0.15, 0.2) is 5.76 Å². The first-order valence-electron chi connectivity index (χ1n) is 10.0. The molecule has 7 heteroatoms. The average molecular weight is 418 g/mol. The third kappa shape index (κ3) is 3.46. The van der Waals surface area contributed by atoms with Gasteiger partial charge in [0, 0.05) is 47.3 Å². The molecule has 1 aliphatic heterocycles. The lowest BCUT2D eigenvalue weighted by molar-refractivity contribution is 0.101. The highest BCUT2D eigenvalue weighted by Gasteiger charge is 2.32. The largest absolute Gasteiger partial charge is 0.508 e. The van der Waals surface area contributed by atoms with E-state index in [4.69, 9.17) is 14.7 Å². The fourth-order valence-corrected chi connectivity index (χ4v) is 4.06. The van der Waals surface area contributed by atoms with Crippen molar-refractivity contribution in [2.45, 2.75) is 32.7 Å². The number of nitriles is 1. The van der Waals surface area contributed by atoms with Gasteiger partial charge in [-0.1, -0.05) is 6.92 Å². The number of carbonyl (C=O) groups is 1. The number of aromatic hydroxyl groups is 2. The van der Waals surface area contributed by atoms with E-state index >= 15 is 0 Å². The number of carbonyl (C=O) groups excluding carboxylic acids is 1. The van der Waals surface area contributed by atoms with Crippen LogP contribution in [0.2, 0.25) is 0 Å². The summed E-state index contributed by atoms with van der Waals surface area (Å²) in [4.78, 5) is 12.9. The fraction of sp³-hybridized carbons (Fsp3) is 0.250. The van der Waals surface area contributed by atoms with Crippen molar-refractivity contribution in [2.75, 3.05) is 7.11 Å². The molecule has 1 aliphatic rings. The van der Waals surface area contributed by atoms with Gasteiger partial charge in [-0.25, -0.2) is 0 Å². The number of ether oxygens (including phenoxy) is 2. The van der Waals surface area contributed by atoms with Crippen LogP contribution in [0, 0.1) is 11.3 Å². The molecule has 0 saturated carbocycles. The molecule has 0 atom stereocenters. The first-order chi connectivity index (χ1) is 15.0. The minimum atomic E-state index is -0.442. The first-order valence-corrected chi connectivity index (χ1v) is 10.0. The lowest BCUT2D eigenvalue weighted by atomic mass is 10.0. The minimum absolute atomic E-state index is 0.0393. The van der Waals surface area contributed by atoms with Crippen LogP contribution in [0.3, 0.4) is 0 Å². The summed E-state index contributed by atoms with van der Waals surface area (Å²) in [7, 11) is 1.60. The van der Waals surface area contributed by atoms with Crippen molar-refractivity contribution in [3.63, 3.8) is 0 Å². The fourth-order valence-electron chi connectivity index (χ4n) is 4.06. The number of fused-ring (bicyclic) bond motifs is 2. The molecule has 2 aromatic carbocycles. The summed E-state index contributed by atoms with van der Waals surface area (Å²) in [6.07, 6.45) is 3.55. The van der Waals surface area contributed by atoms with Crippen LogP contribution in [0.1, 0.15) is 41.4 Å². The standard InChI is InChI=1S/C24H22N2O5/c1-3-18-17(13-22-24(29)23-20(28)10-14(27)11-21(23)31-22)16-12-15(30-2)6-7-19(16)26(18)9-5-4-8-25/h6-7,10-13,27-28H,3-5,9H2,1-2H3. The van der Waals surface area contributed by atoms with E-state index in [1.807, 2.05) is 25.1 Å². The van der Waals surface area contributed by atoms with Gasteiger partial charge in [0.1, 0.15) is 28.6 Å². The molecule has 7 nitrogen and oxygen atoms in total. The summed E-state index contributed by atoms with van der Waals surface area (Å²) in [5.41, 5.74) is 2.85. The molecule has 0 unspecified atom stereocenters. The second-order valence-electron chi connectivity index (χ2n) is 7.29. The maximum absolute atomic E-state index is 12.9. The Labute approximate surface area is 179 Å². The van der Waals surface area contributed by atoms with Gasteiger partial charge in [-0.05, 0) is 37.1 Å². The van der Waals surface area contributed by atoms with E-state index in [9.17, 15) is 15.0 Å². The smallest absolute Gasteiger partial charge is 0.235 e. The van der Waals surface area contributed by atoms with Gasteiger partial charge in [0.25, 0.3) is 0 Å². The number of ketones is 1. The SMILES string of the molecule is CCc1c(C=C2Oc3cc(O)cc(O)c3C2=O)c2cc(OC)ccc2n1CCCC#N. The number of benzene rings is 2. The van der Waals surface area contributed by atoms with Gasteiger partial charge < -0.3 is 24.3 Å². The zero-order chi connectivity index (χ0) is 22.1. The number of hydrogen-bond donors (Lipinski definition) is 2. The Morgan fingerprint density at radius 2 is 2.06 bits per heavy atom. The molecule has 31 heavy (non-hydrogen) atoms. The Kier molecular flexibility index (Phi) is 5.30. The third-order valence-corrected chi connectivity index (χ3v) is 5.44. The second-order valence-corrected chi connectivity index (χ2v) is 7.29. The lowest BCUT2D eigenvalue weighted by Gasteiger charge is -2.09. The monoisotopic (exact) mass is 418 g/mol. The van der Waals surface area contributed by atoms with Crippen molar-refractivity contribution < 1.29 is 24.5 Å². The van der Waals surface area contributed by atoms with E-state index in [1.54, 1.807) is 13.2 Å². The minimum Gasteiger partial charge on any atom is -0.508 e. The number of hydrogen-bond acceptors (Lipinski definition) is 6. The number of phenols is 2. The molecule has 158 valence electrons. The summed E-state index contributed by atoms with van der Waals surface area (Å²) in [5.74, 6) is -0.0546. The van der Waals surface area contributed by atoms with Gasteiger partial charge in [0.05, 0.1) is 13.2 Å². The summed E-state index contributed by atoms with van der Waals surface area (Å²) >= 11 is 0. The van der Waals surface area contributed by atoms with Gasteiger partial charge >= 0.3 is 0 Å². The van der Waals surface area contributed by atoms with E-state index in [1.165, 1.54) is 6.07 Å². The number of unbranched alkanes of at least 4 members (excludes halogenated alkanes) is 1. The van der Waals surface area contributed by atoms with Crippen molar-refractivity contribution >= 4 is 22.8 Å². The molecule has 0 radical (unpaired) electrons. The highest BCUT2D eigenvalue weighted by atomic mass is 16.5. The number of methoxy groups -OCH3 is 1. The summed E-state index contributed by atoms with van der Waals surface area (Å²) in [6, 6.07) is 10.4. The molecule has 0 aliphatic carbocycles. The Morgan fingerprint density at radius 1 is 1.26 bits per heavy atom. The van der Waals surface area contributed by atoms with Crippen LogP contribution in [0.5, 0.6) is 23.0 Å². The summed E-state index contributed by atoms with van der Waals surface area (Å²) < 4.78 is 13.3. The number of nitrogens with zero attached hydrogens (tertiary/aromatic N) is 2. The number of Topliss-reactive ketones (excluding diaryl/α,β-unsaturated/α-hetero) is 1. The number of rotatable bonds is 6. The Balaban J connectivity index is 1.88. The Morgan fingerprint density at radius 3 is 2.77 bits per heavy atom. The van der Waals surface area contributed by atoms with E-state index in [-0.39, 0.29) is 28.6 Å². The van der Waals surface area contributed by atoms with Crippen molar-refractivity contribution in [3.05, 3.63) is 52.9 Å². The third-order valence-electron chi connectivity index (χ3n) is 5.44. The molecule has 4 rings (SSSR count). The molecular weight excluding hydrogens is 396 g/mol. The van der Waals surface area contributed by atoms with Crippen LogP contribution in [-0.4, -0.2) is 27.7 Å². The maximum atomic E-state index is 12.9. The average Bonchev–Trinajstić information content (AvgIpc) is 3.22. The predicted octanol–water partition coefficient (Wildman–Crippen LogP) is 4.54. The number of phenolic OH excluding ortho intramolecular Hbond substituents is 2. The van der Waals surface area contributed by atoms with Crippen molar-refractivity contribution in [1.29, 1.82) is 5.26 Å². The van der Waals surface area contributed by atoms with Crippen LogP contribution < -0.4 is 9.47 Å². The van der Waals surface area contributed by atoms with Gasteiger partial charge in [-0.15, -0.1) is 0 Å². The van der Waals surface area contributed by atoms with Crippen molar-refractivity contribution in [1.82, 2.24) is 4.57 Å². The topological polar surface area (TPSA) is 105 Å². The van der Waals surface area contributed by atoms with Crippen LogP contribution in [0.4, 0.5) is 0 Å². The number of aromatic nitrogens is 1. The van der Waals surface area contributed by atoms with Crippen molar-refractivity contribution in [3.8, 4) is 29.1 Å². The molecular formula is C24H22N2O5. The predicted molar refractivity (Wildman–Crippen MR) is 115 cm³/mol. The second kappa shape index (κ2) is 8.07. The zero-order valence-electron chi connectivity index (χ0n) is 17.3. The molecule has 0 fully saturated rings. The van der Waals surface area contributed by atoms with E-state index < -0.39 is 5.78 Å². The first kappa shape index (κ1) is 20.4. The van der Waals surface area contributed by atoms with Gasteiger partial charge in [-0.2, -0.15) is 5.26 Å². The molecule has 1 aromatic heterocycles. The Hall–Kier alpha value is -3.92. The number of allylic oxidation sites excluding steroid dienone is 1. The molecule has 0 bridgehead atoms. The molecule has 0 spiro atoms. The summed E-state index contributed by atoms with van der Waals surface area (Å²) in [5, 5.41) is 29.6. The van der Waals surface area contributed by atoms with Crippen LogP contribution in [0.25, 0.3) is 17.0 Å². The van der Waals surface area contributed by atoms with Crippen LogP contribution in [0.15, 0.2) is 36.1 Å².